The molecule has 0 heterocycles. The highest BCUT2D eigenvalue weighted by atomic mass is 16.1. The fraction of sp³-hybridized carbons (Fsp3) is 0.762. The number of carbonyl (C=O) groups is 1. The molecule has 0 aromatic heterocycles. The maximum Gasteiger partial charge on any atom is 0.228 e. The van der Waals surface area contributed by atoms with Crippen LogP contribution in [0.4, 0.5) is 0 Å². The SMILES string of the molecule is CC[C@H]1CC[C@H]2[C@@H]3CCC4=CC(=O)C#C[C@]4(C)[C@H]3CC[C@]12C. The Labute approximate surface area is 134 Å². The van der Waals surface area contributed by atoms with E-state index in [4.69, 9.17) is 0 Å². The average molecular weight is 296 g/mol. The summed E-state index contributed by atoms with van der Waals surface area (Å²) in [7, 11) is 0. The van der Waals surface area contributed by atoms with Gasteiger partial charge in [0.05, 0.1) is 5.41 Å². The van der Waals surface area contributed by atoms with E-state index in [-0.39, 0.29) is 11.2 Å². The van der Waals surface area contributed by atoms with Crippen molar-refractivity contribution in [2.45, 2.75) is 65.7 Å². The van der Waals surface area contributed by atoms with E-state index < -0.39 is 0 Å². The van der Waals surface area contributed by atoms with Crippen molar-refractivity contribution in [2.75, 3.05) is 0 Å². The van der Waals surface area contributed by atoms with Crippen molar-refractivity contribution >= 4 is 5.78 Å². The van der Waals surface area contributed by atoms with Crippen LogP contribution in [0.25, 0.3) is 0 Å². The Kier molecular flexibility index (Phi) is 3.13. The van der Waals surface area contributed by atoms with Crippen molar-refractivity contribution in [3.8, 4) is 11.8 Å². The van der Waals surface area contributed by atoms with E-state index in [0.717, 1.165) is 24.2 Å². The first-order valence-electron chi connectivity index (χ1n) is 9.27. The maximum atomic E-state index is 11.7. The van der Waals surface area contributed by atoms with E-state index in [9.17, 15) is 4.79 Å². The van der Waals surface area contributed by atoms with Gasteiger partial charge in [0.1, 0.15) is 0 Å². The first-order chi connectivity index (χ1) is 10.5. The highest BCUT2D eigenvalue weighted by Crippen LogP contribution is 2.65. The van der Waals surface area contributed by atoms with Crippen molar-refractivity contribution in [1.29, 1.82) is 0 Å². The molecule has 0 spiro atoms. The summed E-state index contributed by atoms with van der Waals surface area (Å²) < 4.78 is 0. The van der Waals surface area contributed by atoms with Crippen LogP contribution in [0.5, 0.6) is 0 Å². The van der Waals surface area contributed by atoms with Gasteiger partial charge >= 0.3 is 0 Å². The van der Waals surface area contributed by atoms with Crippen LogP contribution in [0.3, 0.4) is 0 Å². The van der Waals surface area contributed by atoms with Gasteiger partial charge < -0.3 is 0 Å². The molecule has 0 N–H and O–H groups in total. The number of hydrogen-bond donors (Lipinski definition) is 0. The number of ketones is 1. The number of fused-ring (bicyclic) bond motifs is 5. The van der Waals surface area contributed by atoms with Crippen LogP contribution in [0.1, 0.15) is 65.7 Å². The third kappa shape index (κ3) is 1.76. The molecule has 1 nitrogen and oxygen atoms in total. The highest BCUT2D eigenvalue weighted by molar-refractivity contribution is 6.06. The third-order valence-corrected chi connectivity index (χ3v) is 8.03. The molecule has 22 heavy (non-hydrogen) atoms. The standard InChI is InChI=1S/C21H28O/c1-4-14-6-8-18-17-7-5-15-13-16(22)9-11-21(15,3)19(17)10-12-20(14,18)2/h13-14,17-19H,4-8,10,12H2,1-3H3/t14-,17-,18-,19-,20+,21-/m0/s1. The monoisotopic (exact) mass is 296 g/mol. The smallest absolute Gasteiger partial charge is 0.228 e. The van der Waals surface area contributed by atoms with Crippen molar-refractivity contribution < 1.29 is 4.79 Å². The molecule has 0 saturated heterocycles. The topological polar surface area (TPSA) is 17.1 Å². The Morgan fingerprint density at radius 3 is 2.77 bits per heavy atom. The van der Waals surface area contributed by atoms with E-state index in [1.54, 1.807) is 0 Å². The lowest BCUT2D eigenvalue weighted by atomic mass is 9.48. The molecular formula is C21H28O. The summed E-state index contributed by atoms with van der Waals surface area (Å²) >= 11 is 0. The Balaban J connectivity index is 1.69. The molecule has 0 bridgehead atoms. The summed E-state index contributed by atoms with van der Waals surface area (Å²) in [6, 6.07) is 0. The molecule has 118 valence electrons. The van der Waals surface area contributed by atoms with Crippen LogP contribution in [-0.2, 0) is 4.79 Å². The Morgan fingerprint density at radius 2 is 2.00 bits per heavy atom. The summed E-state index contributed by atoms with van der Waals surface area (Å²) in [5.74, 6) is 9.65. The number of rotatable bonds is 1. The summed E-state index contributed by atoms with van der Waals surface area (Å²) in [6.45, 7) is 7.29. The molecular weight excluding hydrogens is 268 g/mol. The normalized spacial score (nSPS) is 49.4. The van der Waals surface area contributed by atoms with Gasteiger partial charge in [0.15, 0.2) is 0 Å². The third-order valence-electron chi connectivity index (χ3n) is 8.03. The lowest BCUT2D eigenvalue weighted by Gasteiger charge is -2.56. The van der Waals surface area contributed by atoms with E-state index in [0.29, 0.717) is 11.3 Å². The van der Waals surface area contributed by atoms with Crippen molar-refractivity contribution in [1.82, 2.24) is 0 Å². The first-order valence-corrected chi connectivity index (χ1v) is 9.27. The van der Waals surface area contributed by atoms with E-state index >= 15 is 0 Å². The molecule has 0 amide bonds. The van der Waals surface area contributed by atoms with Crippen LogP contribution in [0, 0.1) is 46.3 Å². The Bertz CT molecular complexity index is 603. The second-order valence-corrected chi connectivity index (χ2v) is 8.63. The maximum absolute atomic E-state index is 11.7. The van der Waals surface area contributed by atoms with Crippen LogP contribution < -0.4 is 0 Å². The molecule has 0 aromatic rings. The van der Waals surface area contributed by atoms with Crippen LogP contribution in [0.15, 0.2) is 11.6 Å². The van der Waals surface area contributed by atoms with Gasteiger partial charge in [0, 0.05) is 0 Å². The number of allylic oxidation sites excluding steroid dienone is 2. The van der Waals surface area contributed by atoms with E-state index in [2.05, 4.69) is 32.6 Å². The summed E-state index contributed by atoms with van der Waals surface area (Å²) in [4.78, 5) is 11.7. The minimum absolute atomic E-state index is 0.0115. The second-order valence-electron chi connectivity index (χ2n) is 8.63. The lowest BCUT2D eigenvalue weighted by molar-refractivity contribution is -0.110. The molecule has 6 atom stereocenters. The lowest BCUT2D eigenvalue weighted by Crippen LogP contribution is -2.49. The van der Waals surface area contributed by atoms with Gasteiger partial charge in [-0.3, -0.25) is 4.79 Å². The molecule has 4 rings (SSSR count). The molecule has 4 aliphatic rings. The van der Waals surface area contributed by atoms with E-state index in [1.807, 2.05) is 6.08 Å². The van der Waals surface area contributed by atoms with Crippen LogP contribution >= 0.6 is 0 Å². The van der Waals surface area contributed by atoms with Gasteiger partial charge in [-0.05, 0) is 92.1 Å². The number of hydrogen-bond acceptors (Lipinski definition) is 1. The first kappa shape index (κ1) is 14.6. The zero-order chi connectivity index (χ0) is 15.5. The number of carbonyl (C=O) groups excluding carboxylic acids is 1. The fourth-order valence-electron chi connectivity index (χ4n) is 6.79. The van der Waals surface area contributed by atoms with E-state index in [1.165, 1.54) is 44.1 Å². The minimum Gasteiger partial charge on any atom is -0.280 e. The van der Waals surface area contributed by atoms with Gasteiger partial charge in [-0.15, -0.1) is 0 Å². The summed E-state index contributed by atoms with van der Waals surface area (Å²) in [5, 5.41) is 0. The van der Waals surface area contributed by atoms with Gasteiger partial charge in [0.2, 0.25) is 5.78 Å². The quantitative estimate of drug-likeness (QED) is 0.503. The average Bonchev–Trinajstić information content (AvgIpc) is 2.84. The molecule has 0 aliphatic heterocycles. The summed E-state index contributed by atoms with van der Waals surface area (Å²) in [6.07, 6.45) is 11.1. The predicted octanol–water partition coefficient (Wildman–Crippen LogP) is 4.77. The molecule has 0 radical (unpaired) electrons. The zero-order valence-corrected chi connectivity index (χ0v) is 14.2. The van der Waals surface area contributed by atoms with Crippen molar-refractivity contribution in [2.24, 2.45) is 34.5 Å². The zero-order valence-electron chi connectivity index (χ0n) is 14.2. The Morgan fingerprint density at radius 1 is 1.18 bits per heavy atom. The molecule has 4 aliphatic carbocycles. The molecule has 1 heteroatoms. The Hall–Kier alpha value is -1.03. The van der Waals surface area contributed by atoms with Gasteiger partial charge in [-0.25, -0.2) is 0 Å². The van der Waals surface area contributed by atoms with Gasteiger partial charge in [-0.1, -0.05) is 26.2 Å². The molecule has 0 unspecified atom stereocenters. The molecule has 0 aromatic carbocycles. The van der Waals surface area contributed by atoms with Gasteiger partial charge in [-0.2, -0.15) is 0 Å². The highest BCUT2D eigenvalue weighted by Gasteiger charge is 2.58. The fourth-order valence-corrected chi connectivity index (χ4v) is 6.79. The van der Waals surface area contributed by atoms with Crippen molar-refractivity contribution in [3.63, 3.8) is 0 Å². The van der Waals surface area contributed by atoms with Crippen molar-refractivity contribution in [3.05, 3.63) is 11.6 Å². The van der Waals surface area contributed by atoms with Gasteiger partial charge in [0.25, 0.3) is 0 Å². The second kappa shape index (κ2) is 4.73. The predicted molar refractivity (Wildman–Crippen MR) is 89.0 cm³/mol. The van der Waals surface area contributed by atoms with Crippen LogP contribution in [-0.4, -0.2) is 5.78 Å². The molecule has 3 fully saturated rings. The summed E-state index contributed by atoms with van der Waals surface area (Å²) in [5.41, 5.74) is 1.90. The minimum atomic E-state index is -0.0115. The largest absolute Gasteiger partial charge is 0.280 e. The molecule has 3 saturated carbocycles. The van der Waals surface area contributed by atoms with Crippen LogP contribution in [0.2, 0.25) is 0 Å².